The molecule has 0 saturated heterocycles. The molecule has 8 heteroatoms. The Bertz CT molecular complexity index is 3880. The molecule has 74 heavy (non-hydrogen) atoms. The van der Waals surface area contributed by atoms with Crippen LogP contribution in [0.5, 0.6) is 0 Å². The predicted octanol–water partition coefficient (Wildman–Crippen LogP) is 18.8. The molecule has 0 aliphatic heterocycles. The summed E-state index contributed by atoms with van der Waals surface area (Å²) in [7, 11) is -3.51. The maximum atomic E-state index is 17.4. The zero-order chi connectivity index (χ0) is 51.2. The average Bonchev–Trinajstić information content (AvgIpc) is 3.40. The Morgan fingerprint density at radius 2 is 0.676 bits per heavy atom. The lowest BCUT2D eigenvalue weighted by molar-refractivity contribution is 0.584. The second kappa shape index (κ2) is 17.9. The lowest BCUT2D eigenvalue weighted by atomic mass is 9.90. The zero-order valence-electron chi connectivity index (χ0n) is 42.0. The highest BCUT2D eigenvalue weighted by Gasteiger charge is 2.30. The second-order valence-electron chi connectivity index (χ2n) is 21.5. The fourth-order valence-corrected chi connectivity index (χ4v) is 13.4. The van der Waals surface area contributed by atoms with Gasteiger partial charge in [-0.2, -0.15) is 0 Å². The van der Waals surface area contributed by atoms with Crippen molar-refractivity contribution < 1.29 is 17.6 Å². The van der Waals surface area contributed by atoms with E-state index in [2.05, 4.69) is 124 Å². The minimum atomic E-state index is -1.75. The van der Waals surface area contributed by atoms with Crippen LogP contribution < -0.4 is 20.2 Å². The summed E-state index contributed by atoms with van der Waals surface area (Å²) in [6.45, 7) is 13.8. The van der Waals surface area contributed by atoms with Crippen molar-refractivity contribution >= 4 is 115 Å². The van der Waals surface area contributed by atoms with Crippen LogP contribution in [0, 0.1) is 23.3 Å². The summed E-state index contributed by atoms with van der Waals surface area (Å²) in [5.41, 5.74) is 5.53. The van der Waals surface area contributed by atoms with Gasteiger partial charge in [0.25, 0.3) is 0 Å². The number of nitrogens with zero attached hydrogens (tertiary/aromatic N) is 2. The van der Waals surface area contributed by atoms with E-state index in [1.165, 1.54) is 22.5 Å². The van der Waals surface area contributed by atoms with Crippen molar-refractivity contribution in [2.75, 3.05) is 9.80 Å². The summed E-state index contributed by atoms with van der Waals surface area (Å²) in [5.74, 6) is -2.75. The van der Waals surface area contributed by atoms with Crippen LogP contribution in [0.1, 0.15) is 0 Å². The first-order chi connectivity index (χ1) is 35.6. The fraction of sp³-hybridized carbons (Fsp3) is 0.0909. The van der Waals surface area contributed by atoms with Gasteiger partial charge in [-0.1, -0.05) is 195 Å². The van der Waals surface area contributed by atoms with Crippen LogP contribution in [0.25, 0.3) is 76.1 Å². The van der Waals surface area contributed by atoms with E-state index >= 15 is 17.6 Å². The molecular formula is C66H52F4N2Si2. The van der Waals surface area contributed by atoms with Crippen LogP contribution in [0.2, 0.25) is 39.3 Å². The van der Waals surface area contributed by atoms with Crippen molar-refractivity contribution in [1.29, 1.82) is 0 Å². The molecular weight excluding hydrogens is 953 g/mol. The highest BCUT2D eigenvalue weighted by molar-refractivity contribution is 6.89. The van der Waals surface area contributed by atoms with Crippen LogP contribution >= 0.6 is 0 Å². The molecule has 0 aliphatic rings. The summed E-state index contributed by atoms with van der Waals surface area (Å²) in [6.07, 6.45) is 0. The van der Waals surface area contributed by atoms with Crippen molar-refractivity contribution in [3.63, 3.8) is 0 Å². The normalized spacial score (nSPS) is 12.2. The van der Waals surface area contributed by atoms with Gasteiger partial charge in [-0.15, -0.1) is 0 Å². The number of benzene rings is 12. The minimum absolute atomic E-state index is 0.222. The Kier molecular flexibility index (Phi) is 11.3. The number of rotatable bonds is 10. The molecule has 0 amide bonds. The maximum Gasteiger partial charge on any atom is 0.150 e. The van der Waals surface area contributed by atoms with Gasteiger partial charge >= 0.3 is 0 Å². The average molecular weight is 1010 g/mol. The van der Waals surface area contributed by atoms with Gasteiger partial charge in [0.2, 0.25) is 0 Å². The lowest BCUT2D eigenvalue weighted by Crippen LogP contribution is -2.37. The van der Waals surface area contributed by atoms with E-state index in [4.69, 9.17) is 0 Å². The quantitative estimate of drug-likeness (QED) is 0.0765. The van der Waals surface area contributed by atoms with Crippen LogP contribution in [0.3, 0.4) is 0 Å². The van der Waals surface area contributed by atoms with E-state index in [1.54, 1.807) is 0 Å². The monoisotopic (exact) mass is 1000 g/mol. The van der Waals surface area contributed by atoms with Gasteiger partial charge in [0.15, 0.2) is 11.6 Å². The summed E-state index contributed by atoms with van der Waals surface area (Å²) in [6, 6.07) is 65.7. The third kappa shape index (κ3) is 8.00. The molecule has 0 atom stereocenters. The number of anilines is 6. The molecule has 12 aromatic rings. The molecule has 0 unspecified atom stereocenters. The SMILES string of the molecule is C[Si](C)(C)c1ccc(N(c2c(F)cc(F)cc2-c2cccc3ccccc23)c2ccc3ccc4c(N(c5ccc([Si](C)(C)C)cc5)c5c(F)cc(F)cc5-c5cccc6ccccc56)ccc5ccc2c3c54)cc1. The Balaban J connectivity index is 1.14. The van der Waals surface area contributed by atoms with Gasteiger partial charge in [-0.3, -0.25) is 0 Å². The lowest BCUT2D eigenvalue weighted by Gasteiger charge is -2.32. The van der Waals surface area contributed by atoms with Gasteiger partial charge < -0.3 is 9.80 Å². The Labute approximate surface area is 430 Å². The highest BCUT2D eigenvalue weighted by atomic mass is 28.3. The molecule has 0 saturated carbocycles. The van der Waals surface area contributed by atoms with E-state index < -0.39 is 39.4 Å². The number of hydrogen-bond donors (Lipinski definition) is 0. The Morgan fingerprint density at radius 3 is 1.07 bits per heavy atom. The molecule has 2 nitrogen and oxygen atoms in total. The summed E-state index contributed by atoms with van der Waals surface area (Å²) in [4.78, 5) is 3.90. The van der Waals surface area contributed by atoms with Gasteiger partial charge in [0, 0.05) is 45.4 Å². The van der Waals surface area contributed by atoms with Gasteiger partial charge in [-0.05, 0) is 103 Å². The molecule has 0 aromatic heterocycles. The third-order valence-corrected chi connectivity index (χ3v) is 18.9. The summed E-state index contributed by atoms with van der Waals surface area (Å²) >= 11 is 0. The number of fused-ring (bicyclic) bond motifs is 2. The molecule has 0 N–H and O–H groups in total. The van der Waals surface area contributed by atoms with Crippen LogP contribution in [0.4, 0.5) is 51.7 Å². The first-order valence-corrected chi connectivity index (χ1v) is 32.1. The third-order valence-electron chi connectivity index (χ3n) is 14.7. The molecule has 0 aliphatic carbocycles. The van der Waals surface area contributed by atoms with E-state index in [0.717, 1.165) is 77.4 Å². The van der Waals surface area contributed by atoms with E-state index in [9.17, 15) is 0 Å². The molecule has 0 spiro atoms. The highest BCUT2D eigenvalue weighted by Crippen LogP contribution is 2.52. The Hall–Kier alpha value is -8.05. The zero-order valence-corrected chi connectivity index (χ0v) is 44.0. The molecule has 0 radical (unpaired) electrons. The van der Waals surface area contributed by atoms with Crippen LogP contribution in [-0.2, 0) is 0 Å². The smallest absolute Gasteiger partial charge is 0.150 e. The van der Waals surface area contributed by atoms with Crippen molar-refractivity contribution in [2.24, 2.45) is 0 Å². The fourth-order valence-electron chi connectivity index (χ4n) is 11.1. The van der Waals surface area contributed by atoms with Gasteiger partial charge in [0.1, 0.15) is 11.6 Å². The molecule has 0 fully saturated rings. The molecule has 362 valence electrons. The van der Waals surface area contributed by atoms with Crippen molar-refractivity contribution in [3.05, 3.63) is 230 Å². The largest absolute Gasteiger partial charge is 0.307 e. The summed E-state index contributed by atoms with van der Waals surface area (Å²) in [5, 5.41) is 11.6. The molecule has 12 rings (SSSR count). The van der Waals surface area contributed by atoms with Crippen molar-refractivity contribution in [2.45, 2.75) is 39.3 Å². The topological polar surface area (TPSA) is 6.48 Å². The van der Waals surface area contributed by atoms with Gasteiger partial charge in [-0.25, -0.2) is 17.6 Å². The molecule has 12 aromatic carbocycles. The van der Waals surface area contributed by atoms with Crippen molar-refractivity contribution in [3.8, 4) is 22.3 Å². The van der Waals surface area contributed by atoms with Crippen LogP contribution in [-0.4, -0.2) is 16.1 Å². The predicted molar refractivity (Wildman–Crippen MR) is 311 cm³/mol. The second-order valence-corrected chi connectivity index (χ2v) is 31.6. The molecule has 0 bridgehead atoms. The maximum absolute atomic E-state index is 17.4. The first-order valence-electron chi connectivity index (χ1n) is 25.1. The van der Waals surface area contributed by atoms with E-state index in [-0.39, 0.29) is 11.4 Å². The van der Waals surface area contributed by atoms with Crippen LogP contribution in [0.15, 0.2) is 206 Å². The Morgan fingerprint density at radius 1 is 0.311 bits per heavy atom. The molecule has 0 heterocycles. The minimum Gasteiger partial charge on any atom is -0.307 e. The summed E-state index contributed by atoms with van der Waals surface area (Å²) < 4.78 is 66.5. The number of hydrogen-bond acceptors (Lipinski definition) is 2. The van der Waals surface area contributed by atoms with Crippen molar-refractivity contribution in [1.82, 2.24) is 0 Å². The van der Waals surface area contributed by atoms with E-state index in [1.807, 2.05) is 107 Å². The van der Waals surface area contributed by atoms with Gasteiger partial charge in [0.05, 0.1) is 38.9 Å². The first kappa shape index (κ1) is 47.0. The van der Waals surface area contributed by atoms with E-state index in [0.29, 0.717) is 33.6 Å². The number of halogens is 4. The standard InChI is InChI=1S/C66H52F4N2Si2/c1-73(2,3)49-29-25-47(26-30-49)71(65-57(37-45(67)39-59(65)69)53-19-11-15-41-13-7-9-17-51(41)53)61-35-23-43-22-34-56-62(36-24-44-21-33-55(61)63(43)64(44)56)72(48-27-31-50(32-28-48)74(4,5)6)66-58(38-46(68)40-60(66)70)54-20-12-16-42-14-8-10-18-52(42)54/h7-40H,1-6H3.